The zero-order valence-electron chi connectivity index (χ0n) is 2.64. The van der Waals surface area contributed by atoms with Gasteiger partial charge < -0.3 is 12.3 Å². The second-order valence-electron chi connectivity index (χ2n) is 0.0680. The van der Waals surface area contributed by atoms with E-state index in [1.165, 1.54) is 0 Å². The molecule has 0 aromatic carbocycles. The lowest BCUT2D eigenvalue weighted by Crippen LogP contribution is -1.82. The Balaban J connectivity index is -0.0000000200. The summed E-state index contributed by atoms with van der Waals surface area (Å²) in [5.41, 5.74) is 0. The Morgan fingerprint density at radius 3 is 1.40 bits per heavy atom. The first kappa shape index (κ1) is 27.3. The zero-order valence-corrected chi connectivity index (χ0v) is 2.64. The van der Waals surface area contributed by atoms with Crippen molar-refractivity contribution in [3.05, 3.63) is 9.71 Å². The Labute approximate surface area is 28.6 Å². The average molecular weight is 82.1 g/mol. The van der Waals surface area contributed by atoms with Gasteiger partial charge in [-0.1, -0.05) is 10.2 Å². The maximum atomic E-state index is 7.88. The van der Waals surface area contributed by atoms with Gasteiger partial charge in [-0.15, -0.1) is 0 Å². The van der Waals surface area contributed by atoms with Crippen molar-refractivity contribution < 1.29 is 5.26 Å². The van der Waals surface area contributed by atoms with Crippen molar-refractivity contribution in [1.29, 1.82) is 0 Å². The van der Waals surface area contributed by atoms with Crippen LogP contribution >= 0.6 is 0 Å². The Morgan fingerprint density at radius 1 is 1.40 bits per heavy atom. The lowest BCUT2D eigenvalue weighted by atomic mass is 14.0. The molecule has 0 heterocycles. The summed E-state index contributed by atoms with van der Waals surface area (Å²) in [4.78, 5) is 7.88. The third-order valence-corrected chi connectivity index (χ3v) is 0. The molecule has 0 aromatic heterocycles. The summed E-state index contributed by atoms with van der Waals surface area (Å²) in [6, 6.07) is 0. The molecule has 0 saturated carbocycles. The minimum absolute atomic E-state index is 0. The lowest BCUT2D eigenvalue weighted by Gasteiger charge is -1.19. The van der Waals surface area contributed by atoms with Crippen molar-refractivity contribution in [2.75, 3.05) is 0 Å². The fraction of sp³-hybridized carbons (Fsp3) is 0. The van der Waals surface area contributed by atoms with E-state index in [0.29, 0.717) is 0 Å². The summed E-state index contributed by atoms with van der Waals surface area (Å²) in [6.45, 7) is 0. The minimum atomic E-state index is 0. The van der Waals surface area contributed by atoms with E-state index in [2.05, 4.69) is 0 Å². The van der Waals surface area contributed by atoms with Gasteiger partial charge in [-0.05, 0) is 0 Å². The molecule has 5 heteroatoms. The third kappa shape index (κ3) is 12.5. The van der Waals surface area contributed by atoms with Crippen LogP contribution in [0.5, 0.6) is 0 Å². The van der Waals surface area contributed by atoms with Crippen LogP contribution in [0.25, 0.3) is 0 Å². The predicted molar refractivity (Wildman–Crippen MR) is 16.8 cm³/mol. The molecule has 34 valence electrons. The first-order chi connectivity index (χ1) is 1.41. The number of rotatable bonds is 0. The summed E-state index contributed by atoms with van der Waals surface area (Å²) in [6.07, 6.45) is 0. The fourth-order valence-corrected chi connectivity index (χ4v) is 0. The van der Waals surface area contributed by atoms with Crippen molar-refractivity contribution in [3.8, 4) is 0 Å². The molecule has 0 aliphatic carbocycles. The van der Waals surface area contributed by atoms with Crippen molar-refractivity contribution in [2.24, 2.45) is 0 Å². The second-order valence-corrected chi connectivity index (χ2v) is 0.0680. The molecule has 0 radical (unpaired) electrons. The molecular formula is H6N2O3. The third-order valence-electron chi connectivity index (χ3n) is 0. The minimum Gasteiger partial charge on any atom is -0.344 e. The molecular weight excluding hydrogens is 76.0 g/mol. The molecule has 0 bridgehead atoms. The highest BCUT2D eigenvalue weighted by Gasteiger charge is 1.27. The van der Waals surface area contributed by atoms with Gasteiger partial charge in [0.1, 0.15) is 0 Å². The molecule has 0 atom stereocenters. The topological polar surface area (TPSA) is 121 Å². The summed E-state index contributed by atoms with van der Waals surface area (Å²) >= 11 is 0. The van der Waals surface area contributed by atoms with Crippen molar-refractivity contribution in [2.45, 2.75) is 0 Å². The Morgan fingerprint density at radius 2 is 1.40 bits per heavy atom. The van der Waals surface area contributed by atoms with Gasteiger partial charge in [0, 0.05) is 0 Å². The quantitative estimate of drug-likeness (QED) is 0.225. The van der Waals surface area contributed by atoms with Gasteiger partial charge in [-0.3, -0.25) is 0 Å². The Kier molecular flexibility index (Phi) is 954. The average Bonchev–Trinajstić information content (AvgIpc) is 0.918. The largest absolute Gasteiger partial charge is 0.344 e. The zero-order chi connectivity index (χ0) is 2.71. The molecule has 0 aliphatic heterocycles. The van der Waals surface area contributed by atoms with E-state index < -0.39 is 0 Å². The van der Waals surface area contributed by atoms with Crippen LogP contribution in [0.1, 0.15) is 0 Å². The van der Waals surface area contributed by atoms with Gasteiger partial charge >= 0.3 is 0 Å². The van der Waals surface area contributed by atoms with Crippen LogP contribution in [-0.2, 0) is 0 Å². The molecule has 0 aliphatic rings. The Bertz CT molecular complexity index is 12.4. The van der Waals surface area contributed by atoms with Gasteiger partial charge in [0.05, 0.1) is 0 Å². The van der Waals surface area contributed by atoms with E-state index >= 15 is 0 Å². The molecule has 0 fully saturated rings. The van der Waals surface area contributed by atoms with Gasteiger partial charge in [0.15, 0.2) is 4.75 Å². The van der Waals surface area contributed by atoms with E-state index in [1.54, 1.807) is 4.75 Å². The summed E-state index contributed by atoms with van der Waals surface area (Å²) in [7, 11) is 0. The van der Waals surface area contributed by atoms with E-state index in [1.807, 2.05) is 0 Å². The van der Waals surface area contributed by atoms with E-state index in [9.17, 15) is 0 Å². The number of hydrogen-bond acceptors (Lipinski definition) is 4. The highest BCUT2D eigenvalue weighted by atomic mass is 17.2. The van der Waals surface area contributed by atoms with Crippen LogP contribution in [-0.4, -0.2) is 0 Å². The van der Waals surface area contributed by atoms with E-state index in [0.717, 1.165) is 0 Å². The molecule has 0 aromatic rings. The van der Waals surface area contributed by atoms with Crippen LogP contribution in [0.15, 0.2) is 0 Å². The number of hydrogen-bond donors (Lipinski definition) is 2. The standard InChI is InChI=1S/2H3N.O3/c;;1-3-2/h2*1H3;. The summed E-state index contributed by atoms with van der Waals surface area (Å²) in [5.74, 6) is 0. The molecule has 0 unspecified atom stereocenters. The molecule has 0 spiro atoms. The van der Waals surface area contributed by atoms with Crippen LogP contribution in [0.2, 0.25) is 0 Å². The SMILES string of the molecule is N.N.O=[O+][O-]. The van der Waals surface area contributed by atoms with E-state index in [-0.39, 0.29) is 12.3 Å². The van der Waals surface area contributed by atoms with E-state index in [4.69, 9.17) is 10.2 Å². The van der Waals surface area contributed by atoms with Crippen molar-refractivity contribution in [1.82, 2.24) is 12.3 Å². The maximum absolute atomic E-state index is 7.88. The van der Waals surface area contributed by atoms with Gasteiger partial charge in [-0.2, -0.15) is 0 Å². The molecule has 5 nitrogen and oxygen atoms in total. The summed E-state index contributed by atoms with van der Waals surface area (Å²) < 4.78 is 1.75. The molecule has 6 N–H and O–H groups in total. The normalized spacial score (nSPS) is 2.40. The van der Waals surface area contributed by atoms with Crippen LogP contribution in [0, 0.1) is 9.71 Å². The Hall–Kier alpha value is -0.680. The smallest absolute Gasteiger partial charge is 0.154 e. The first-order valence-corrected chi connectivity index (χ1v) is 0.333. The lowest BCUT2D eigenvalue weighted by molar-refractivity contribution is -0.284. The van der Waals surface area contributed by atoms with Crippen molar-refractivity contribution >= 4 is 0 Å². The van der Waals surface area contributed by atoms with Gasteiger partial charge in [-0.25, -0.2) is 0 Å². The maximum Gasteiger partial charge on any atom is 0.154 e. The first-order valence-electron chi connectivity index (χ1n) is 0.333. The second kappa shape index (κ2) is 175. The molecule has 0 amide bonds. The van der Waals surface area contributed by atoms with Gasteiger partial charge in [0.25, 0.3) is 0 Å². The van der Waals surface area contributed by atoms with Crippen molar-refractivity contribution in [3.63, 3.8) is 0 Å². The fourth-order valence-electron chi connectivity index (χ4n) is 0. The van der Waals surface area contributed by atoms with Crippen LogP contribution in [0.3, 0.4) is 0 Å². The highest BCUT2D eigenvalue weighted by Crippen LogP contribution is 1.00. The molecule has 0 rings (SSSR count). The summed E-state index contributed by atoms with van der Waals surface area (Å²) in [5, 5.41) is 7.88. The predicted octanol–water partition coefficient (Wildman–Crippen LogP) is -0.798. The van der Waals surface area contributed by atoms with Crippen LogP contribution in [0.4, 0.5) is 0 Å². The highest BCUT2D eigenvalue weighted by molar-refractivity contribution is 4.20. The monoisotopic (exact) mass is 82.0 g/mol. The van der Waals surface area contributed by atoms with Crippen LogP contribution < -0.4 is 17.6 Å². The molecule has 0 saturated heterocycles. The molecule has 5 heavy (non-hydrogen) atoms. The van der Waals surface area contributed by atoms with Gasteiger partial charge in [0.2, 0.25) is 0 Å².